The highest BCUT2D eigenvalue weighted by Gasteiger charge is 2.25. The number of carbonyl (C=O) groups excluding carboxylic acids is 2. The van der Waals surface area contributed by atoms with Crippen LogP contribution in [0.5, 0.6) is 0 Å². The summed E-state index contributed by atoms with van der Waals surface area (Å²) in [4.78, 5) is 45.6. The van der Waals surface area contributed by atoms with Crippen molar-refractivity contribution in [3.63, 3.8) is 0 Å². The summed E-state index contributed by atoms with van der Waals surface area (Å²) in [6.07, 6.45) is 4.15. The van der Waals surface area contributed by atoms with Crippen LogP contribution >= 0.6 is 0 Å². The van der Waals surface area contributed by atoms with Gasteiger partial charge in [-0.1, -0.05) is 32.0 Å². The lowest BCUT2D eigenvalue weighted by molar-refractivity contribution is -0.116. The number of aryl methyl sites for hydroxylation is 2. The van der Waals surface area contributed by atoms with Crippen LogP contribution in [0.1, 0.15) is 48.3 Å². The number of rotatable bonds is 5. The lowest BCUT2D eigenvalue weighted by atomic mass is 9.98. The van der Waals surface area contributed by atoms with Gasteiger partial charge in [-0.2, -0.15) is 0 Å². The van der Waals surface area contributed by atoms with Gasteiger partial charge in [-0.25, -0.2) is 4.98 Å². The molecule has 3 aromatic rings. The van der Waals surface area contributed by atoms with Crippen LogP contribution in [0.2, 0.25) is 0 Å². The number of likely N-dealkylation sites (tertiary alicyclic amines) is 1. The molecule has 1 aliphatic heterocycles. The molecule has 1 N–H and O–H groups in total. The SMILES string of the molecule is CCc1ccccc1NC(=O)Cn1cc(C(=O)N2CCC(C)CC2)c(=O)c2ccc(C)nc21. The molecule has 0 spiro atoms. The molecule has 1 aromatic carbocycles. The van der Waals surface area contributed by atoms with Crippen LogP contribution in [0.25, 0.3) is 11.0 Å². The van der Waals surface area contributed by atoms with E-state index in [2.05, 4.69) is 17.2 Å². The van der Waals surface area contributed by atoms with Gasteiger partial charge in [0.05, 0.1) is 5.39 Å². The Kier molecular flexibility index (Phi) is 6.58. The van der Waals surface area contributed by atoms with Gasteiger partial charge in [0.2, 0.25) is 11.3 Å². The van der Waals surface area contributed by atoms with E-state index in [-0.39, 0.29) is 29.4 Å². The van der Waals surface area contributed by atoms with Crippen LogP contribution in [0, 0.1) is 12.8 Å². The van der Waals surface area contributed by atoms with E-state index in [9.17, 15) is 14.4 Å². The smallest absolute Gasteiger partial charge is 0.259 e. The molecule has 1 saturated heterocycles. The van der Waals surface area contributed by atoms with E-state index in [0.29, 0.717) is 30.0 Å². The van der Waals surface area contributed by atoms with Crippen molar-refractivity contribution in [3.05, 3.63) is 69.6 Å². The van der Waals surface area contributed by atoms with Crippen molar-refractivity contribution in [2.75, 3.05) is 18.4 Å². The third-order valence-electron chi connectivity index (χ3n) is 6.35. The van der Waals surface area contributed by atoms with Crippen LogP contribution in [0.3, 0.4) is 0 Å². The van der Waals surface area contributed by atoms with Gasteiger partial charge < -0.3 is 14.8 Å². The first-order chi connectivity index (χ1) is 15.9. The largest absolute Gasteiger partial charge is 0.338 e. The third kappa shape index (κ3) is 4.82. The molecule has 7 heteroatoms. The van der Waals surface area contributed by atoms with Crippen LogP contribution in [-0.2, 0) is 17.8 Å². The monoisotopic (exact) mass is 446 g/mol. The Hall–Kier alpha value is -3.48. The molecule has 0 bridgehead atoms. The van der Waals surface area contributed by atoms with Crippen molar-refractivity contribution in [3.8, 4) is 0 Å². The molecule has 1 fully saturated rings. The number of fused-ring (bicyclic) bond motifs is 1. The van der Waals surface area contributed by atoms with Gasteiger partial charge in [0.1, 0.15) is 17.8 Å². The average molecular weight is 447 g/mol. The Morgan fingerprint density at radius 1 is 1.12 bits per heavy atom. The average Bonchev–Trinajstić information content (AvgIpc) is 2.81. The first-order valence-corrected chi connectivity index (χ1v) is 11.5. The third-order valence-corrected chi connectivity index (χ3v) is 6.35. The van der Waals surface area contributed by atoms with Gasteiger partial charge in [0.25, 0.3) is 5.91 Å². The topological polar surface area (TPSA) is 84.3 Å². The van der Waals surface area contributed by atoms with E-state index in [4.69, 9.17) is 0 Å². The fraction of sp³-hybridized carbons (Fsp3) is 0.385. The zero-order chi connectivity index (χ0) is 23.5. The molecule has 7 nitrogen and oxygen atoms in total. The second-order valence-corrected chi connectivity index (χ2v) is 8.86. The quantitative estimate of drug-likeness (QED) is 0.647. The maximum absolute atomic E-state index is 13.2. The van der Waals surface area contributed by atoms with E-state index in [1.54, 1.807) is 21.6 Å². The number of nitrogens with zero attached hydrogens (tertiary/aromatic N) is 3. The van der Waals surface area contributed by atoms with Gasteiger partial charge in [0, 0.05) is 30.7 Å². The zero-order valence-electron chi connectivity index (χ0n) is 19.4. The highest BCUT2D eigenvalue weighted by molar-refractivity contribution is 5.98. The minimum absolute atomic E-state index is 0.0530. The Labute approximate surface area is 193 Å². The lowest BCUT2D eigenvalue weighted by Gasteiger charge is -2.30. The number of amides is 2. The van der Waals surface area contributed by atoms with Crippen LogP contribution in [0.15, 0.2) is 47.4 Å². The van der Waals surface area contributed by atoms with Gasteiger partial charge in [-0.15, -0.1) is 0 Å². The molecule has 0 atom stereocenters. The summed E-state index contributed by atoms with van der Waals surface area (Å²) in [5.74, 6) is 0.0541. The summed E-state index contributed by atoms with van der Waals surface area (Å²) in [5.41, 5.74) is 2.69. The van der Waals surface area contributed by atoms with E-state index in [1.807, 2.05) is 38.1 Å². The highest BCUT2D eigenvalue weighted by Crippen LogP contribution is 2.19. The van der Waals surface area contributed by atoms with Gasteiger partial charge in [-0.05, 0) is 55.9 Å². The van der Waals surface area contributed by atoms with Gasteiger partial charge in [0.15, 0.2) is 0 Å². The molecule has 0 unspecified atom stereocenters. The molecule has 2 amide bonds. The first-order valence-electron chi connectivity index (χ1n) is 11.5. The number of nitrogens with one attached hydrogen (secondary N) is 1. The molecule has 0 radical (unpaired) electrons. The number of carbonyl (C=O) groups is 2. The van der Waals surface area contributed by atoms with Crippen molar-refractivity contribution >= 4 is 28.5 Å². The predicted octanol–water partition coefficient (Wildman–Crippen LogP) is 3.78. The van der Waals surface area contributed by atoms with Crippen LogP contribution in [0.4, 0.5) is 5.69 Å². The fourth-order valence-electron chi connectivity index (χ4n) is 4.31. The molecule has 3 heterocycles. The van der Waals surface area contributed by atoms with Gasteiger partial charge in [-0.3, -0.25) is 14.4 Å². The van der Waals surface area contributed by atoms with Gasteiger partial charge >= 0.3 is 0 Å². The lowest BCUT2D eigenvalue weighted by Crippen LogP contribution is -2.40. The number of anilines is 1. The summed E-state index contributed by atoms with van der Waals surface area (Å²) in [7, 11) is 0. The number of piperidine rings is 1. The van der Waals surface area contributed by atoms with Crippen molar-refractivity contribution < 1.29 is 9.59 Å². The maximum atomic E-state index is 13.2. The molecule has 0 aliphatic carbocycles. The number of aromatic nitrogens is 2. The van der Waals surface area contributed by atoms with Crippen LogP contribution < -0.4 is 10.7 Å². The predicted molar refractivity (Wildman–Crippen MR) is 129 cm³/mol. The summed E-state index contributed by atoms with van der Waals surface area (Å²) in [5, 5.41) is 3.31. The van der Waals surface area contributed by atoms with E-state index in [1.165, 1.54) is 6.20 Å². The number of hydrogen-bond acceptors (Lipinski definition) is 4. The second kappa shape index (κ2) is 9.57. The highest BCUT2D eigenvalue weighted by atomic mass is 16.2. The van der Waals surface area contributed by atoms with Crippen molar-refractivity contribution in [1.29, 1.82) is 0 Å². The standard InChI is InChI=1S/C26H30N4O3/c1-4-19-7-5-6-8-22(19)28-23(31)16-30-15-21(26(33)29-13-11-17(2)12-14-29)24(32)20-10-9-18(3)27-25(20)30/h5-10,15,17H,4,11-14,16H2,1-3H3,(H,28,31). The number of hydrogen-bond donors (Lipinski definition) is 1. The molecule has 1 aliphatic rings. The zero-order valence-corrected chi connectivity index (χ0v) is 19.4. The summed E-state index contributed by atoms with van der Waals surface area (Å²) < 4.78 is 1.62. The van der Waals surface area contributed by atoms with Crippen molar-refractivity contribution in [1.82, 2.24) is 14.5 Å². The molecule has 2 aromatic heterocycles. The van der Waals surface area contributed by atoms with Crippen molar-refractivity contribution in [2.45, 2.75) is 46.6 Å². The van der Waals surface area contributed by atoms with Crippen LogP contribution in [-0.4, -0.2) is 39.4 Å². The summed E-state index contributed by atoms with van der Waals surface area (Å²) in [6.45, 7) is 7.26. The fourth-order valence-corrected chi connectivity index (χ4v) is 4.31. The first kappa shape index (κ1) is 22.7. The second-order valence-electron chi connectivity index (χ2n) is 8.86. The number of pyridine rings is 2. The summed E-state index contributed by atoms with van der Waals surface area (Å²) >= 11 is 0. The summed E-state index contributed by atoms with van der Waals surface area (Å²) in [6, 6.07) is 11.1. The Balaban J connectivity index is 1.70. The number of para-hydroxylation sites is 1. The molecule has 33 heavy (non-hydrogen) atoms. The number of benzene rings is 1. The Morgan fingerprint density at radius 3 is 2.58 bits per heavy atom. The minimum atomic E-state index is -0.339. The minimum Gasteiger partial charge on any atom is -0.338 e. The van der Waals surface area contributed by atoms with Crippen molar-refractivity contribution in [2.24, 2.45) is 5.92 Å². The molecule has 172 valence electrons. The molecular formula is C26H30N4O3. The molecular weight excluding hydrogens is 416 g/mol. The Bertz CT molecular complexity index is 1260. The maximum Gasteiger partial charge on any atom is 0.259 e. The normalized spacial score (nSPS) is 14.5. The van der Waals surface area contributed by atoms with E-state index in [0.717, 1.165) is 36.2 Å². The van der Waals surface area contributed by atoms with E-state index < -0.39 is 0 Å². The Morgan fingerprint density at radius 2 is 1.85 bits per heavy atom. The molecule has 4 rings (SSSR count). The molecule has 0 saturated carbocycles. The van der Waals surface area contributed by atoms with E-state index >= 15 is 0 Å².